The molecule has 0 atom stereocenters. The first-order valence-corrected chi connectivity index (χ1v) is 10.4. The summed E-state index contributed by atoms with van der Waals surface area (Å²) in [5.74, 6) is 2.18. The SMILES string of the molecule is CN=C(NCc1coc(-c2ccc(C)cc2)n1)NCc1ccccc1OCCN(C)C. The second kappa shape index (κ2) is 11.2. The monoisotopic (exact) mass is 421 g/mol. The molecule has 1 aromatic heterocycles. The number of aliphatic imine (C=N–C) groups is 1. The van der Waals surface area contributed by atoms with Crippen LogP contribution in [0.25, 0.3) is 11.5 Å². The number of ether oxygens (including phenoxy) is 1. The maximum Gasteiger partial charge on any atom is 0.226 e. The van der Waals surface area contributed by atoms with Gasteiger partial charge >= 0.3 is 0 Å². The molecule has 0 radical (unpaired) electrons. The van der Waals surface area contributed by atoms with E-state index in [0.29, 0.717) is 31.5 Å². The Morgan fingerprint density at radius 3 is 2.55 bits per heavy atom. The van der Waals surface area contributed by atoms with Crippen molar-refractivity contribution in [1.29, 1.82) is 0 Å². The topological polar surface area (TPSA) is 74.9 Å². The van der Waals surface area contributed by atoms with Crippen LogP contribution in [0.1, 0.15) is 16.8 Å². The Bertz CT molecular complexity index is 980. The molecule has 164 valence electrons. The van der Waals surface area contributed by atoms with Crippen molar-refractivity contribution in [3.8, 4) is 17.2 Å². The quantitative estimate of drug-likeness (QED) is 0.407. The zero-order valence-corrected chi connectivity index (χ0v) is 18.7. The summed E-state index contributed by atoms with van der Waals surface area (Å²) in [6, 6.07) is 16.2. The first kappa shape index (κ1) is 22.4. The van der Waals surface area contributed by atoms with Crippen molar-refractivity contribution in [1.82, 2.24) is 20.5 Å². The number of para-hydroxylation sites is 1. The van der Waals surface area contributed by atoms with Crippen LogP contribution in [0, 0.1) is 6.92 Å². The number of rotatable bonds is 9. The number of likely N-dealkylation sites (N-methyl/N-ethyl adjacent to an activating group) is 1. The average molecular weight is 422 g/mol. The fourth-order valence-corrected chi connectivity index (χ4v) is 2.92. The van der Waals surface area contributed by atoms with Crippen molar-refractivity contribution >= 4 is 5.96 Å². The lowest BCUT2D eigenvalue weighted by atomic mass is 10.1. The molecule has 31 heavy (non-hydrogen) atoms. The number of nitrogens with zero attached hydrogens (tertiary/aromatic N) is 3. The van der Waals surface area contributed by atoms with Crippen LogP contribution < -0.4 is 15.4 Å². The van der Waals surface area contributed by atoms with E-state index in [1.165, 1.54) is 5.56 Å². The average Bonchev–Trinajstić information content (AvgIpc) is 3.24. The summed E-state index contributed by atoms with van der Waals surface area (Å²) in [5.41, 5.74) is 4.06. The maximum atomic E-state index is 5.93. The molecule has 0 bridgehead atoms. The lowest BCUT2D eigenvalue weighted by Crippen LogP contribution is -2.36. The Morgan fingerprint density at radius 1 is 1.06 bits per heavy atom. The minimum absolute atomic E-state index is 0.510. The molecular formula is C24H31N5O2. The van der Waals surface area contributed by atoms with Gasteiger partial charge in [0, 0.05) is 31.3 Å². The molecular weight excluding hydrogens is 390 g/mol. The molecule has 0 aliphatic heterocycles. The fraction of sp³-hybridized carbons (Fsp3) is 0.333. The maximum absolute atomic E-state index is 5.93. The first-order valence-electron chi connectivity index (χ1n) is 10.4. The summed E-state index contributed by atoms with van der Waals surface area (Å²) in [7, 11) is 5.81. The van der Waals surface area contributed by atoms with Crippen LogP contribution in [0.4, 0.5) is 0 Å². The third-order valence-electron chi connectivity index (χ3n) is 4.73. The highest BCUT2D eigenvalue weighted by molar-refractivity contribution is 5.79. The predicted molar refractivity (Wildman–Crippen MR) is 124 cm³/mol. The van der Waals surface area contributed by atoms with Gasteiger partial charge in [0.05, 0.1) is 12.2 Å². The fourth-order valence-electron chi connectivity index (χ4n) is 2.92. The van der Waals surface area contributed by atoms with Gasteiger partial charge in [0.25, 0.3) is 0 Å². The summed E-state index contributed by atoms with van der Waals surface area (Å²) in [5, 5.41) is 6.61. The van der Waals surface area contributed by atoms with E-state index in [4.69, 9.17) is 9.15 Å². The molecule has 0 aliphatic rings. The van der Waals surface area contributed by atoms with E-state index in [-0.39, 0.29) is 0 Å². The smallest absolute Gasteiger partial charge is 0.226 e. The van der Waals surface area contributed by atoms with Gasteiger partial charge in [0.15, 0.2) is 5.96 Å². The minimum atomic E-state index is 0.510. The van der Waals surface area contributed by atoms with Crippen molar-refractivity contribution in [3.63, 3.8) is 0 Å². The summed E-state index contributed by atoms with van der Waals surface area (Å²) in [6.45, 7) is 4.68. The Kier molecular flexibility index (Phi) is 8.06. The molecule has 3 aromatic rings. The highest BCUT2D eigenvalue weighted by Crippen LogP contribution is 2.19. The lowest BCUT2D eigenvalue weighted by Gasteiger charge is -2.15. The summed E-state index contributed by atoms with van der Waals surface area (Å²) in [4.78, 5) is 11.0. The van der Waals surface area contributed by atoms with E-state index in [2.05, 4.69) is 38.5 Å². The van der Waals surface area contributed by atoms with E-state index >= 15 is 0 Å². The van der Waals surface area contributed by atoms with Crippen LogP contribution in [0.5, 0.6) is 5.75 Å². The summed E-state index contributed by atoms with van der Waals surface area (Å²) in [6.07, 6.45) is 1.67. The number of hydrogen-bond donors (Lipinski definition) is 2. The van der Waals surface area contributed by atoms with Crippen molar-refractivity contribution in [2.75, 3.05) is 34.3 Å². The molecule has 2 aromatic carbocycles. The lowest BCUT2D eigenvalue weighted by molar-refractivity contribution is 0.259. The summed E-state index contributed by atoms with van der Waals surface area (Å²) >= 11 is 0. The Labute approximate surface area is 184 Å². The molecule has 2 N–H and O–H groups in total. The molecule has 1 heterocycles. The molecule has 3 rings (SSSR count). The zero-order chi connectivity index (χ0) is 22.1. The number of aryl methyl sites for hydroxylation is 1. The number of oxazole rings is 1. The summed E-state index contributed by atoms with van der Waals surface area (Å²) < 4.78 is 11.6. The standard InChI is InChI=1S/C24H31N5O2/c1-18-9-11-19(12-10-18)23-28-21(17-31-23)16-27-24(25-2)26-15-20-7-5-6-8-22(20)30-14-13-29(3)4/h5-12,17H,13-16H2,1-4H3,(H2,25,26,27). The van der Waals surface area contributed by atoms with Gasteiger partial charge in [0.2, 0.25) is 5.89 Å². The Balaban J connectivity index is 1.52. The van der Waals surface area contributed by atoms with Gasteiger partial charge in [-0.15, -0.1) is 0 Å². The predicted octanol–water partition coefficient (Wildman–Crippen LogP) is 3.46. The van der Waals surface area contributed by atoms with Gasteiger partial charge in [-0.05, 0) is 39.2 Å². The third kappa shape index (κ3) is 6.86. The molecule has 7 heteroatoms. The normalized spacial score (nSPS) is 11.6. The van der Waals surface area contributed by atoms with E-state index < -0.39 is 0 Å². The number of benzene rings is 2. The second-order valence-corrected chi connectivity index (χ2v) is 7.55. The molecule has 7 nitrogen and oxygen atoms in total. The van der Waals surface area contributed by atoms with Crippen LogP contribution in [0.15, 0.2) is 64.2 Å². The van der Waals surface area contributed by atoms with Gasteiger partial charge in [-0.3, -0.25) is 4.99 Å². The van der Waals surface area contributed by atoms with Crippen LogP contribution >= 0.6 is 0 Å². The van der Waals surface area contributed by atoms with Crippen molar-refractivity contribution in [2.24, 2.45) is 4.99 Å². The van der Waals surface area contributed by atoms with Gasteiger partial charge in [-0.25, -0.2) is 4.98 Å². The van der Waals surface area contributed by atoms with Crippen LogP contribution in [0.3, 0.4) is 0 Å². The largest absolute Gasteiger partial charge is 0.492 e. The van der Waals surface area contributed by atoms with Gasteiger partial charge in [0.1, 0.15) is 18.6 Å². The Morgan fingerprint density at radius 2 is 1.81 bits per heavy atom. The van der Waals surface area contributed by atoms with Crippen molar-refractivity contribution in [2.45, 2.75) is 20.0 Å². The van der Waals surface area contributed by atoms with Gasteiger partial charge in [-0.1, -0.05) is 35.9 Å². The molecule has 0 fully saturated rings. The molecule has 0 amide bonds. The molecule has 0 saturated carbocycles. The third-order valence-corrected chi connectivity index (χ3v) is 4.73. The van der Waals surface area contributed by atoms with Crippen LogP contribution in [0.2, 0.25) is 0 Å². The van der Waals surface area contributed by atoms with Crippen molar-refractivity contribution < 1.29 is 9.15 Å². The minimum Gasteiger partial charge on any atom is -0.492 e. The van der Waals surface area contributed by atoms with Gasteiger partial charge < -0.3 is 24.7 Å². The van der Waals surface area contributed by atoms with Crippen molar-refractivity contribution in [3.05, 3.63) is 71.6 Å². The van der Waals surface area contributed by atoms with Crippen LogP contribution in [-0.4, -0.2) is 50.1 Å². The number of aromatic nitrogens is 1. The van der Waals surface area contributed by atoms with E-state index in [1.807, 2.05) is 56.6 Å². The second-order valence-electron chi connectivity index (χ2n) is 7.55. The van der Waals surface area contributed by atoms with Gasteiger partial charge in [-0.2, -0.15) is 0 Å². The van der Waals surface area contributed by atoms with E-state index in [0.717, 1.165) is 29.1 Å². The van der Waals surface area contributed by atoms with Crippen LogP contribution in [-0.2, 0) is 13.1 Å². The Hall–Kier alpha value is -3.32. The van der Waals surface area contributed by atoms with E-state index in [1.54, 1.807) is 13.3 Å². The number of guanidine groups is 1. The zero-order valence-electron chi connectivity index (χ0n) is 18.7. The number of nitrogens with one attached hydrogen (secondary N) is 2. The highest BCUT2D eigenvalue weighted by Gasteiger charge is 2.08. The first-order chi connectivity index (χ1) is 15.0. The number of hydrogen-bond acceptors (Lipinski definition) is 5. The molecule has 0 aliphatic carbocycles. The van der Waals surface area contributed by atoms with E-state index in [9.17, 15) is 0 Å². The molecule has 0 unspecified atom stereocenters. The molecule has 0 spiro atoms. The molecule has 0 saturated heterocycles. The highest BCUT2D eigenvalue weighted by atomic mass is 16.5.